The number of aromatic nitrogens is 1. The number of carbonyl (C=O) groups excluding carboxylic acids is 2. The molecule has 5 aromatic rings. The number of anilines is 2. The smallest absolute Gasteiger partial charge is 0.326 e. The Morgan fingerprint density at radius 2 is 1.71 bits per heavy atom. The zero-order valence-corrected chi connectivity index (χ0v) is 27.5. The van der Waals surface area contributed by atoms with E-state index in [9.17, 15) is 24.3 Å². The molecule has 0 aliphatic carbocycles. The van der Waals surface area contributed by atoms with Gasteiger partial charge in [-0.15, -0.1) is 0 Å². The molecule has 4 aromatic carbocycles. The lowest BCUT2D eigenvalue weighted by Crippen LogP contribution is -2.41. The number of benzene rings is 4. The first-order valence-electron chi connectivity index (χ1n) is 14.9. The van der Waals surface area contributed by atoms with Gasteiger partial charge in [-0.05, 0) is 94.1 Å². The molecule has 12 nitrogen and oxygen atoms in total. The number of carboxylic acids is 2. The van der Waals surface area contributed by atoms with Gasteiger partial charge in [0, 0.05) is 29.8 Å². The monoisotopic (exact) mass is 732 g/mol. The molecule has 0 unspecified atom stereocenters. The summed E-state index contributed by atoms with van der Waals surface area (Å²) in [6.07, 6.45) is -0.806. The van der Waals surface area contributed by atoms with Crippen LogP contribution in [0.1, 0.15) is 34.3 Å². The summed E-state index contributed by atoms with van der Waals surface area (Å²) in [6.45, 7) is 0.321. The zero-order valence-electron chi connectivity index (χ0n) is 26.0. The van der Waals surface area contributed by atoms with E-state index in [2.05, 4.69) is 36.9 Å². The van der Waals surface area contributed by atoms with Gasteiger partial charge in [0.15, 0.2) is 5.58 Å². The lowest BCUT2D eigenvalue weighted by Gasteiger charge is -2.13. The third-order valence-electron chi connectivity index (χ3n) is 7.42. The Labute approximate surface area is 287 Å². The van der Waals surface area contributed by atoms with Gasteiger partial charge in [-0.25, -0.2) is 14.2 Å². The standard InChI is InChI=1S/C35H30BrFN4O8/c1-48-29-12-6-21(16-24(29)36)33(45)39-23-7-2-19(3-8-23)18-38-26-9-5-22(17-25(26)37)34-41-28-14-20(4-11-30(28)49-34)15-31(42)40-27(35(46)47)10-13-32(43)44/h2-9,11-12,14,16-17,27,38H,10,13,15,18H2,1H3,(H,39,45)(H,40,42)(H,43,44)(H,46,47)/t27-/m0/s1. The maximum absolute atomic E-state index is 15.1. The van der Waals surface area contributed by atoms with E-state index in [1.807, 2.05) is 12.1 Å². The molecule has 1 aromatic heterocycles. The number of methoxy groups -OCH3 is 1. The molecule has 0 aliphatic rings. The van der Waals surface area contributed by atoms with Crippen LogP contribution in [-0.2, 0) is 27.3 Å². The summed E-state index contributed by atoms with van der Waals surface area (Å²) < 4.78 is 26.8. The van der Waals surface area contributed by atoms with Crippen LogP contribution in [0, 0.1) is 5.82 Å². The summed E-state index contributed by atoms with van der Waals surface area (Å²) in [7, 11) is 1.55. The minimum absolute atomic E-state index is 0.163. The number of aliphatic carboxylic acids is 2. The van der Waals surface area contributed by atoms with Crippen molar-refractivity contribution in [3.05, 3.63) is 106 Å². The lowest BCUT2D eigenvalue weighted by molar-refractivity contribution is -0.143. The predicted octanol–water partition coefficient (Wildman–Crippen LogP) is 6.25. The third-order valence-corrected chi connectivity index (χ3v) is 8.04. The van der Waals surface area contributed by atoms with Gasteiger partial charge < -0.3 is 35.3 Å². The molecule has 2 amide bonds. The van der Waals surface area contributed by atoms with Crippen molar-refractivity contribution in [1.29, 1.82) is 0 Å². The van der Waals surface area contributed by atoms with E-state index in [1.165, 1.54) is 6.07 Å². The number of rotatable bonds is 14. The highest BCUT2D eigenvalue weighted by molar-refractivity contribution is 9.10. The van der Waals surface area contributed by atoms with Gasteiger partial charge in [-0.2, -0.15) is 0 Å². The number of carbonyl (C=O) groups is 4. The fourth-order valence-corrected chi connectivity index (χ4v) is 5.41. The average molecular weight is 734 g/mol. The van der Waals surface area contributed by atoms with E-state index in [-0.39, 0.29) is 30.3 Å². The summed E-state index contributed by atoms with van der Waals surface area (Å²) in [5, 5.41) is 26.3. The van der Waals surface area contributed by atoms with E-state index in [0.717, 1.165) is 5.56 Å². The molecule has 14 heteroatoms. The van der Waals surface area contributed by atoms with Crippen LogP contribution in [0.5, 0.6) is 5.75 Å². The number of nitrogens with zero attached hydrogens (tertiary/aromatic N) is 1. The predicted molar refractivity (Wildman–Crippen MR) is 182 cm³/mol. The van der Waals surface area contributed by atoms with Gasteiger partial charge in [-0.1, -0.05) is 18.2 Å². The Morgan fingerprint density at radius 1 is 0.959 bits per heavy atom. The molecule has 0 aliphatic heterocycles. The number of nitrogens with one attached hydrogen (secondary N) is 3. The molecular formula is C35H30BrFN4O8. The summed E-state index contributed by atoms with van der Waals surface area (Å²) in [4.78, 5) is 51.7. The second-order valence-electron chi connectivity index (χ2n) is 10.9. The molecule has 0 bridgehead atoms. The molecular weight excluding hydrogens is 703 g/mol. The molecule has 49 heavy (non-hydrogen) atoms. The van der Waals surface area contributed by atoms with E-state index in [0.29, 0.717) is 50.2 Å². The molecule has 0 radical (unpaired) electrons. The number of hydrogen-bond donors (Lipinski definition) is 5. The maximum Gasteiger partial charge on any atom is 0.326 e. The normalized spacial score (nSPS) is 11.5. The highest BCUT2D eigenvalue weighted by Crippen LogP contribution is 2.29. The van der Waals surface area contributed by atoms with E-state index < -0.39 is 36.1 Å². The Morgan fingerprint density at radius 3 is 2.39 bits per heavy atom. The highest BCUT2D eigenvalue weighted by Gasteiger charge is 2.21. The van der Waals surface area contributed by atoms with Crippen LogP contribution < -0.4 is 20.7 Å². The quantitative estimate of drug-likeness (QED) is 0.0876. The van der Waals surface area contributed by atoms with Crippen LogP contribution in [0.4, 0.5) is 15.8 Å². The first kappa shape index (κ1) is 34.6. The number of halogens is 2. The SMILES string of the molecule is COc1ccc(C(=O)Nc2ccc(CNc3ccc(-c4nc5cc(CC(=O)N[C@@H](CCC(=O)O)C(=O)O)ccc5o4)cc3F)cc2)cc1Br. The topological polar surface area (TPSA) is 180 Å². The van der Waals surface area contributed by atoms with Gasteiger partial charge in [0.2, 0.25) is 11.8 Å². The minimum atomic E-state index is -1.33. The number of carboxylic acid groups (broad SMARTS) is 2. The molecule has 5 rings (SSSR count). The van der Waals surface area contributed by atoms with Crippen molar-refractivity contribution in [2.24, 2.45) is 0 Å². The van der Waals surface area contributed by atoms with Crippen LogP contribution in [0.3, 0.4) is 0 Å². The van der Waals surface area contributed by atoms with Crippen molar-refractivity contribution in [2.75, 3.05) is 17.7 Å². The molecule has 0 fully saturated rings. The maximum atomic E-state index is 15.1. The van der Waals surface area contributed by atoms with Crippen LogP contribution >= 0.6 is 15.9 Å². The first-order chi connectivity index (χ1) is 23.5. The van der Waals surface area contributed by atoms with Gasteiger partial charge in [0.1, 0.15) is 23.1 Å². The number of amides is 2. The van der Waals surface area contributed by atoms with Crippen molar-refractivity contribution < 1.29 is 42.9 Å². The van der Waals surface area contributed by atoms with Crippen LogP contribution in [0.2, 0.25) is 0 Å². The van der Waals surface area contributed by atoms with Crippen LogP contribution in [0.15, 0.2) is 87.8 Å². The van der Waals surface area contributed by atoms with Crippen molar-refractivity contribution >= 4 is 62.2 Å². The van der Waals surface area contributed by atoms with Crippen LogP contribution in [0.25, 0.3) is 22.6 Å². The number of ether oxygens (including phenoxy) is 1. The zero-order chi connectivity index (χ0) is 35.1. The number of fused-ring (bicyclic) bond motifs is 1. The average Bonchev–Trinajstić information content (AvgIpc) is 3.50. The first-order valence-corrected chi connectivity index (χ1v) is 15.7. The Kier molecular flexibility index (Phi) is 10.9. The molecule has 1 atom stereocenters. The third kappa shape index (κ3) is 8.99. The summed E-state index contributed by atoms with van der Waals surface area (Å²) in [6, 6.07) is 20.2. The fourth-order valence-electron chi connectivity index (χ4n) is 4.87. The second kappa shape index (κ2) is 15.4. The van der Waals surface area contributed by atoms with E-state index in [1.54, 1.807) is 67.8 Å². The molecule has 1 heterocycles. The van der Waals surface area contributed by atoms with Crippen molar-refractivity contribution in [2.45, 2.75) is 31.8 Å². The Hall–Kier alpha value is -5.76. The highest BCUT2D eigenvalue weighted by atomic mass is 79.9. The Balaban J connectivity index is 1.17. The fraction of sp³-hybridized carbons (Fsp3) is 0.171. The van der Waals surface area contributed by atoms with Crippen molar-refractivity contribution in [1.82, 2.24) is 10.3 Å². The van der Waals surface area contributed by atoms with Gasteiger partial charge in [-0.3, -0.25) is 14.4 Å². The summed E-state index contributed by atoms with van der Waals surface area (Å²) >= 11 is 3.38. The number of oxazole rings is 1. The molecule has 0 saturated carbocycles. The van der Waals surface area contributed by atoms with Gasteiger partial charge in [0.05, 0.1) is 23.7 Å². The molecule has 5 N–H and O–H groups in total. The Bertz CT molecular complexity index is 2030. The second-order valence-corrected chi connectivity index (χ2v) is 11.8. The molecule has 0 saturated heterocycles. The number of hydrogen-bond acceptors (Lipinski definition) is 8. The molecule has 252 valence electrons. The van der Waals surface area contributed by atoms with E-state index >= 15 is 4.39 Å². The van der Waals surface area contributed by atoms with Crippen molar-refractivity contribution in [3.63, 3.8) is 0 Å². The van der Waals surface area contributed by atoms with Gasteiger partial charge in [0.25, 0.3) is 5.91 Å². The minimum Gasteiger partial charge on any atom is -0.496 e. The van der Waals surface area contributed by atoms with Gasteiger partial charge >= 0.3 is 11.9 Å². The van der Waals surface area contributed by atoms with E-state index in [4.69, 9.17) is 14.3 Å². The largest absolute Gasteiger partial charge is 0.496 e. The summed E-state index contributed by atoms with van der Waals surface area (Å²) in [5.41, 5.74) is 3.93. The summed E-state index contributed by atoms with van der Waals surface area (Å²) in [5.74, 6) is -3.09. The van der Waals surface area contributed by atoms with Crippen LogP contribution in [-0.4, -0.2) is 52.1 Å². The van der Waals surface area contributed by atoms with Crippen molar-refractivity contribution in [3.8, 4) is 17.2 Å². The molecule has 0 spiro atoms. The lowest BCUT2D eigenvalue weighted by atomic mass is 10.1.